The van der Waals surface area contributed by atoms with Crippen molar-refractivity contribution in [3.05, 3.63) is 18.6 Å². The fraction of sp³-hybridized carbons (Fsp3) is 0.286. The Morgan fingerprint density at radius 2 is 2.33 bits per heavy atom. The Labute approximate surface area is 71.1 Å². The molecule has 0 radical (unpaired) electrons. The highest BCUT2D eigenvalue weighted by molar-refractivity contribution is 5.55. The van der Waals surface area contributed by atoms with E-state index in [1.165, 1.54) is 0 Å². The Morgan fingerprint density at radius 3 is 2.92 bits per heavy atom. The van der Waals surface area contributed by atoms with Gasteiger partial charge in [0.15, 0.2) is 5.82 Å². The van der Waals surface area contributed by atoms with Crippen LogP contribution in [0.25, 0.3) is 0 Å². The van der Waals surface area contributed by atoms with E-state index in [9.17, 15) is 0 Å². The molecule has 1 aromatic rings. The highest BCUT2D eigenvalue weighted by Gasteiger charge is 1.86. The van der Waals surface area contributed by atoms with Crippen LogP contribution >= 0.6 is 0 Å². The number of aromatic nitrogens is 2. The van der Waals surface area contributed by atoms with Crippen LogP contribution in [0.2, 0.25) is 0 Å². The molecule has 0 saturated heterocycles. The van der Waals surface area contributed by atoms with Gasteiger partial charge in [-0.2, -0.15) is 5.10 Å². The summed E-state index contributed by atoms with van der Waals surface area (Å²) < 4.78 is 0. The van der Waals surface area contributed by atoms with E-state index >= 15 is 0 Å². The number of nitrogens with one attached hydrogen (secondary N) is 1. The van der Waals surface area contributed by atoms with Crippen molar-refractivity contribution in [1.82, 2.24) is 14.9 Å². The fourth-order valence-corrected chi connectivity index (χ4v) is 0.567. The van der Waals surface area contributed by atoms with Crippen LogP contribution in [-0.4, -0.2) is 35.3 Å². The van der Waals surface area contributed by atoms with Crippen molar-refractivity contribution in [3.63, 3.8) is 0 Å². The second kappa shape index (κ2) is 4.27. The minimum atomic E-state index is 0.635. The molecule has 0 amide bonds. The number of hydrazone groups is 1. The molecule has 0 unspecified atom stereocenters. The predicted octanol–water partition coefficient (Wildman–Crippen LogP) is 0.393. The Morgan fingerprint density at radius 1 is 1.50 bits per heavy atom. The topological polar surface area (TPSA) is 53.4 Å². The first-order valence-corrected chi connectivity index (χ1v) is 3.50. The smallest absolute Gasteiger partial charge is 0.164 e. The lowest BCUT2D eigenvalue weighted by molar-refractivity contribution is 0.641. The van der Waals surface area contributed by atoms with E-state index in [4.69, 9.17) is 0 Å². The molecule has 0 spiro atoms. The van der Waals surface area contributed by atoms with Crippen molar-refractivity contribution >= 4 is 12.2 Å². The molecule has 0 aromatic carbocycles. The molecule has 64 valence electrons. The molecule has 5 heteroatoms. The molecule has 0 aliphatic heterocycles. The number of nitrogens with zero attached hydrogens (tertiary/aromatic N) is 4. The van der Waals surface area contributed by atoms with E-state index in [2.05, 4.69) is 20.5 Å². The van der Waals surface area contributed by atoms with Crippen molar-refractivity contribution in [2.24, 2.45) is 5.10 Å². The van der Waals surface area contributed by atoms with E-state index in [0.717, 1.165) is 0 Å². The lowest BCUT2D eigenvalue weighted by Crippen LogP contribution is -2.09. The molecule has 1 heterocycles. The van der Waals surface area contributed by atoms with Crippen molar-refractivity contribution in [2.45, 2.75) is 0 Å². The van der Waals surface area contributed by atoms with Crippen LogP contribution in [0.1, 0.15) is 0 Å². The maximum absolute atomic E-state index is 3.97. The van der Waals surface area contributed by atoms with Crippen LogP contribution in [-0.2, 0) is 0 Å². The third-order valence-corrected chi connectivity index (χ3v) is 1.03. The number of rotatable bonds is 3. The molecule has 0 aliphatic rings. The molecule has 0 aliphatic carbocycles. The summed E-state index contributed by atoms with van der Waals surface area (Å²) >= 11 is 0. The second-order valence-electron chi connectivity index (χ2n) is 2.41. The zero-order valence-electron chi connectivity index (χ0n) is 7.10. The third-order valence-electron chi connectivity index (χ3n) is 1.03. The first kappa shape index (κ1) is 8.45. The zero-order valence-corrected chi connectivity index (χ0v) is 7.10. The van der Waals surface area contributed by atoms with Crippen LogP contribution in [0, 0.1) is 0 Å². The summed E-state index contributed by atoms with van der Waals surface area (Å²) in [6.45, 7) is 0. The number of hydrogen-bond acceptors (Lipinski definition) is 4. The van der Waals surface area contributed by atoms with Gasteiger partial charge in [-0.25, -0.2) is 4.98 Å². The average Bonchev–Trinajstić information content (AvgIpc) is 2.05. The van der Waals surface area contributed by atoms with Crippen LogP contribution in [0.15, 0.2) is 23.7 Å². The molecule has 1 N–H and O–H groups in total. The van der Waals surface area contributed by atoms with Crippen LogP contribution in [0.4, 0.5) is 5.82 Å². The van der Waals surface area contributed by atoms with Gasteiger partial charge in [-0.1, -0.05) is 0 Å². The van der Waals surface area contributed by atoms with Crippen molar-refractivity contribution < 1.29 is 0 Å². The summed E-state index contributed by atoms with van der Waals surface area (Å²) in [5.41, 5.74) is 2.73. The Bertz CT molecular complexity index is 243. The minimum absolute atomic E-state index is 0.635. The molecule has 0 saturated carbocycles. The predicted molar refractivity (Wildman–Crippen MR) is 47.8 cm³/mol. The van der Waals surface area contributed by atoms with Gasteiger partial charge < -0.3 is 4.90 Å². The highest BCUT2D eigenvalue weighted by atomic mass is 15.3. The van der Waals surface area contributed by atoms with E-state index in [1.807, 2.05) is 19.0 Å². The van der Waals surface area contributed by atoms with Gasteiger partial charge >= 0.3 is 0 Å². The fourth-order valence-electron chi connectivity index (χ4n) is 0.567. The first-order valence-electron chi connectivity index (χ1n) is 3.50. The van der Waals surface area contributed by atoms with Gasteiger partial charge in [-0.3, -0.25) is 10.4 Å². The summed E-state index contributed by atoms with van der Waals surface area (Å²) in [7, 11) is 3.78. The largest absolute Gasteiger partial charge is 0.367 e. The quantitative estimate of drug-likeness (QED) is 0.400. The Balaban J connectivity index is 2.43. The number of anilines is 1. The van der Waals surface area contributed by atoms with Gasteiger partial charge in [0.25, 0.3) is 0 Å². The maximum Gasteiger partial charge on any atom is 0.164 e. The van der Waals surface area contributed by atoms with Crippen LogP contribution in [0.5, 0.6) is 0 Å². The third kappa shape index (κ3) is 2.96. The van der Waals surface area contributed by atoms with Gasteiger partial charge in [0, 0.05) is 26.5 Å². The molecular formula is C7H11N5. The van der Waals surface area contributed by atoms with E-state index in [-0.39, 0.29) is 0 Å². The SMILES string of the molecule is CN(C)/C=N/Nc1cnccn1. The molecule has 1 aromatic heterocycles. The van der Waals surface area contributed by atoms with E-state index in [1.54, 1.807) is 24.9 Å². The van der Waals surface area contributed by atoms with Crippen molar-refractivity contribution in [3.8, 4) is 0 Å². The minimum Gasteiger partial charge on any atom is -0.367 e. The van der Waals surface area contributed by atoms with Gasteiger partial charge in [0.2, 0.25) is 0 Å². The van der Waals surface area contributed by atoms with E-state index < -0.39 is 0 Å². The lowest BCUT2D eigenvalue weighted by Gasteiger charge is -2.02. The summed E-state index contributed by atoms with van der Waals surface area (Å²) in [5, 5.41) is 3.89. The number of hydrogen-bond donors (Lipinski definition) is 1. The molecular weight excluding hydrogens is 154 g/mol. The van der Waals surface area contributed by atoms with Gasteiger partial charge in [-0.05, 0) is 0 Å². The van der Waals surface area contributed by atoms with Crippen LogP contribution in [0.3, 0.4) is 0 Å². The van der Waals surface area contributed by atoms with E-state index in [0.29, 0.717) is 5.82 Å². The zero-order chi connectivity index (χ0) is 8.81. The second-order valence-corrected chi connectivity index (χ2v) is 2.41. The summed E-state index contributed by atoms with van der Waals surface area (Å²) in [6.07, 6.45) is 6.47. The highest BCUT2D eigenvalue weighted by Crippen LogP contribution is 1.95. The van der Waals surface area contributed by atoms with Crippen molar-refractivity contribution in [1.29, 1.82) is 0 Å². The molecule has 1 rings (SSSR count). The van der Waals surface area contributed by atoms with Crippen LogP contribution < -0.4 is 5.43 Å². The summed E-state index contributed by atoms with van der Waals surface area (Å²) in [4.78, 5) is 9.66. The molecule has 5 nitrogen and oxygen atoms in total. The average molecular weight is 165 g/mol. The molecule has 0 bridgehead atoms. The lowest BCUT2D eigenvalue weighted by atomic mass is 10.7. The Kier molecular flexibility index (Phi) is 3.01. The Hall–Kier alpha value is -1.65. The van der Waals surface area contributed by atoms with Gasteiger partial charge in [0.05, 0.1) is 6.20 Å². The summed E-state index contributed by atoms with van der Waals surface area (Å²) in [5.74, 6) is 0.635. The standard InChI is InChI=1S/C7H11N5/c1-12(2)6-10-11-7-5-8-3-4-9-7/h3-6H,1-2H3,(H,9,11)/b10-6+. The maximum atomic E-state index is 3.97. The molecule has 0 fully saturated rings. The van der Waals surface area contributed by atoms with Gasteiger partial charge in [0.1, 0.15) is 6.34 Å². The molecule has 0 atom stereocenters. The first-order chi connectivity index (χ1) is 5.79. The normalized spacial score (nSPS) is 10.2. The van der Waals surface area contributed by atoms with Crippen molar-refractivity contribution in [2.75, 3.05) is 19.5 Å². The monoisotopic (exact) mass is 165 g/mol. The van der Waals surface area contributed by atoms with Gasteiger partial charge in [-0.15, -0.1) is 0 Å². The summed E-state index contributed by atoms with van der Waals surface area (Å²) in [6, 6.07) is 0. The molecule has 12 heavy (non-hydrogen) atoms.